The van der Waals surface area contributed by atoms with Crippen LogP contribution in [0.2, 0.25) is 5.02 Å². The van der Waals surface area contributed by atoms with Crippen molar-refractivity contribution in [2.75, 3.05) is 7.11 Å². The van der Waals surface area contributed by atoms with Crippen molar-refractivity contribution < 1.29 is 19.4 Å². The van der Waals surface area contributed by atoms with Gasteiger partial charge in [-0.2, -0.15) is 0 Å². The molecular formula is C31H33ClO4. The molecule has 5 heteroatoms. The van der Waals surface area contributed by atoms with Crippen LogP contribution in [0.4, 0.5) is 0 Å². The molecule has 3 aromatic carbocycles. The molecule has 0 aromatic heterocycles. The van der Waals surface area contributed by atoms with E-state index >= 15 is 0 Å². The van der Waals surface area contributed by atoms with Crippen molar-refractivity contribution >= 4 is 29.6 Å². The summed E-state index contributed by atoms with van der Waals surface area (Å²) in [7, 11) is 1.36. The van der Waals surface area contributed by atoms with Crippen LogP contribution in [0.3, 0.4) is 0 Å². The minimum absolute atomic E-state index is 0.337. The van der Waals surface area contributed by atoms with Crippen molar-refractivity contribution in [1.29, 1.82) is 0 Å². The lowest BCUT2D eigenvalue weighted by Gasteiger charge is -2.13. The largest absolute Gasteiger partial charge is 0.481 e. The van der Waals surface area contributed by atoms with Crippen LogP contribution < -0.4 is 0 Å². The van der Waals surface area contributed by atoms with Crippen LogP contribution in [-0.2, 0) is 27.2 Å². The summed E-state index contributed by atoms with van der Waals surface area (Å²) in [4.78, 5) is 23.2. The zero-order valence-corrected chi connectivity index (χ0v) is 21.4. The van der Waals surface area contributed by atoms with Gasteiger partial charge in [-0.05, 0) is 78.1 Å². The Kier molecular flexibility index (Phi) is 10.8. The zero-order chi connectivity index (χ0) is 25.8. The molecule has 36 heavy (non-hydrogen) atoms. The maximum Gasteiger partial charge on any atom is 0.330 e. The Hall–Kier alpha value is -3.37. The zero-order valence-electron chi connectivity index (χ0n) is 20.7. The summed E-state index contributed by atoms with van der Waals surface area (Å²) in [5.41, 5.74) is 5.56. The molecule has 0 saturated heterocycles. The third-order valence-corrected chi connectivity index (χ3v) is 6.67. The number of methoxy groups -OCH3 is 1. The fourth-order valence-electron chi connectivity index (χ4n) is 4.27. The molecule has 1 atom stereocenters. The number of esters is 1. The molecule has 4 nitrogen and oxygen atoms in total. The van der Waals surface area contributed by atoms with E-state index < -0.39 is 5.97 Å². The van der Waals surface area contributed by atoms with Gasteiger partial charge in [0.15, 0.2) is 0 Å². The summed E-state index contributed by atoms with van der Waals surface area (Å²) >= 11 is 5.97. The minimum atomic E-state index is -0.717. The quantitative estimate of drug-likeness (QED) is 0.148. The van der Waals surface area contributed by atoms with Gasteiger partial charge in [-0.1, -0.05) is 85.1 Å². The highest BCUT2D eigenvalue weighted by atomic mass is 35.5. The van der Waals surface area contributed by atoms with Crippen LogP contribution >= 0.6 is 11.6 Å². The van der Waals surface area contributed by atoms with Crippen LogP contribution in [-0.4, -0.2) is 24.2 Å². The SMILES string of the molecule is COC(=O)/C=C/c1ccccc1CCCCCC(CCc1ccc(-c2ccc(Cl)cc2)cc1)C(=O)O. The third kappa shape index (κ3) is 8.69. The number of carbonyl (C=O) groups excluding carboxylic acids is 1. The topological polar surface area (TPSA) is 63.6 Å². The number of carboxylic acids is 1. The third-order valence-electron chi connectivity index (χ3n) is 6.42. The van der Waals surface area contributed by atoms with Crippen molar-refractivity contribution in [2.45, 2.75) is 44.9 Å². The Bertz CT molecular complexity index is 1150. The fraction of sp³-hybridized carbons (Fsp3) is 0.290. The van der Waals surface area contributed by atoms with Crippen LogP contribution in [0.25, 0.3) is 17.2 Å². The molecule has 0 bridgehead atoms. The Morgan fingerprint density at radius 1 is 0.861 bits per heavy atom. The smallest absolute Gasteiger partial charge is 0.330 e. The minimum Gasteiger partial charge on any atom is -0.481 e. The second kappa shape index (κ2) is 14.3. The van der Waals surface area contributed by atoms with Gasteiger partial charge in [-0.15, -0.1) is 0 Å². The van der Waals surface area contributed by atoms with Crippen LogP contribution in [0.5, 0.6) is 0 Å². The molecule has 1 N–H and O–H groups in total. The van der Waals surface area contributed by atoms with Crippen molar-refractivity contribution in [3.63, 3.8) is 0 Å². The first-order valence-electron chi connectivity index (χ1n) is 12.4. The maximum absolute atomic E-state index is 11.8. The van der Waals surface area contributed by atoms with Gasteiger partial charge in [0.2, 0.25) is 0 Å². The van der Waals surface area contributed by atoms with Crippen molar-refractivity contribution in [3.8, 4) is 11.1 Å². The Morgan fingerprint density at radius 2 is 1.53 bits per heavy atom. The van der Waals surface area contributed by atoms with Crippen molar-refractivity contribution in [2.24, 2.45) is 5.92 Å². The maximum atomic E-state index is 11.8. The van der Waals surface area contributed by atoms with Crippen LogP contribution in [0.1, 0.15) is 48.8 Å². The van der Waals surface area contributed by atoms with Gasteiger partial charge in [-0.3, -0.25) is 4.79 Å². The number of unbranched alkanes of at least 4 members (excludes halogenated alkanes) is 2. The van der Waals surface area contributed by atoms with E-state index in [9.17, 15) is 14.7 Å². The van der Waals surface area contributed by atoms with Gasteiger partial charge >= 0.3 is 11.9 Å². The molecule has 1 unspecified atom stereocenters. The van der Waals surface area contributed by atoms with Gasteiger partial charge in [0, 0.05) is 11.1 Å². The number of aliphatic carboxylic acids is 1. The van der Waals surface area contributed by atoms with E-state index in [1.807, 2.05) is 42.5 Å². The van der Waals surface area contributed by atoms with E-state index in [0.717, 1.165) is 54.4 Å². The van der Waals surface area contributed by atoms with Gasteiger partial charge in [-0.25, -0.2) is 4.79 Å². The number of rotatable bonds is 13. The van der Waals surface area contributed by atoms with E-state index in [-0.39, 0.29) is 11.9 Å². The molecule has 0 aliphatic rings. The molecule has 0 aliphatic heterocycles. The molecular weight excluding hydrogens is 472 g/mol. The monoisotopic (exact) mass is 504 g/mol. The predicted octanol–water partition coefficient (Wildman–Crippen LogP) is 7.63. The lowest BCUT2D eigenvalue weighted by atomic mass is 9.92. The summed E-state index contributed by atoms with van der Waals surface area (Å²) in [5.74, 6) is -1.43. The summed E-state index contributed by atoms with van der Waals surface area (Å²) in [6.45, 7) is 0. The molecule has 0 spiro atoms. The molecule has 0 heterocycles. The molecule has 3 aromatic rings. The second-order valence-electron chi connectivity index (χ2n) is 8.93. The van der Waals surface area contributed by atoms with Gasteiger partial charge < -0.3 is 9.84 Å². The summed E-state index contributed by atoms with van der Waals surface area (Å²) < 4.78 is 4.66. The van der Waals surface area contributed by atoms with E-state index in [0.29, 0.717) is 17.9 Å². The van der Waals surface area contributed by atoms with E-state index in [2.05, 4.69) is 35.1 Å². The number of hydrogen-bond donors (Lipinski definition) is 1. The lowest BCUT2D eigenvalue weighted by Crippen LogP contribution is -2.14. The molecule has 0 fully saturated rings. The number of halogens is 1. The Balaban J connectivity index is 1.43. The molecule has 0 aliphatic carbocycles. The predicted molar refractivity (Wildman–Crippen MR) is 146 cm³/mol. The number of aryl methyl sites for hydroxylation is 2. The highest BCUT2D eigenvalue weighted by Gasteiger charge is 2.17. The number of carboxylic acid groups (broad SMARTS) is 1. The summed E-state index contributed by atoms with van der Waals surface area (Å²) in [5, 5.41) is 10.4. The summed E-state index contributed by atoms with van der Waals surface area (Å²) in [6.07, 6.45) is 8.99. The normalized spacial score (nSPS) is 11.9. The fourth-order valence-corrected chi connectivity index (χ4v) is 4.40. The first-order valence-corrected chi connectivity index (χ1v) is 12.8. The first-order chi connectivity index (χ1) is 17.5. The van der Waals surface area contributed by atoms with E-state index in [1.54, 1.807) is 6.08 Å². The molecule has 3 rings (SSSR count). The second-order valence-corrected chi connectivity index (χ2v) is 9.37. The molecule has 0 saturated carbocycles. The highest BCUT2D eigenvalue weighted by molar-refractivity contribution is 6.30. The highest BCUT2D eigenvalue weighted by Crippen LogP contribution is 2.24. The van der Waals surface area contributed by atoms with Crippen molar-refractivity contribution in [3.05, 3.63) is 101 Å². The van der Waals surface area contributed by atoms with Gasteiger partial charge in [0.1, 0.15) is 0 Å². The number of hydrogen-bond acceptors (Lipinski definition) is 3. The van der Waals surface area contributed by atoms with Crippen molar-refractivity contribution in [1.82, 2.24) is 0 Å². The number of ether oxygens (including phenoxy) is 1. The first kappa shape index (κ1) is 27.2. The molecule has 0 radical (unpaired) electrons. The summed E-state index contributed by atoms with van der Waals surface area (Å²) in [6, 6.07) is 24.0. The number of carbonyl (C=O) groups is 2. The Labute approximate surface area is 218 Å². The van der Waals surface area contributed by atoms with E-state index in [1.165, 1.54) is 18.7 Å². The molecule has 188 valence electrons. The lowest BCUT2D eigenvalue weighted by molar-refractivity contribution is -0.142. The Morgan fingerprint density at radius 3 is 2.19 bits per heavy atom. The average molecular weight is 505 g/mol. The average Bonchev–Trinajstić information content (AvgIpc) is 2.90. The van der Waals surface area contributed by atoms with Gasteiger partial charge in [0.05, 0.1) is 13.0 Å². The van der Waals surface area contributed by atoms with Crippen LogP contribution in [0, 0.1) is 5.92 Å². The van der Waals surface area contributed by atoms with E-state index in [4.69, 9.17) is 11.6 Å². The van der Waals surface area contributed by atoms with Crippen LogP contribution in [0.15, 0.2) is 78.9 Å². The standard InChI is InChI=1S/C31H33ClO4/c1-36-30(33)22-19-25-9-6-5-8-24(25)7-3-2-4-10-28(31(34)35)16-13-23-11-14-26(15-12-23)27-17-20-29(32)21-18-27/h5-6,8-9,11-12,14-15,17-22,28H,2-4,7,10,13,16H2,1H3,(H,34,35)/b22-19+. The number of benzene rings is 3. The molecule has 0 amide bonds. The van der Waals surface area contributed by atoms with Gasteiger partial charge in [0.25, 0.3) is 0 Å².